The summed E-state index contributed by atoms with van der Waals surface area (Å²) < 4.78 is 2.16. The number of aromatic nitrogens is 2. The maximum atomic E-state index is 5.96. The fourth-order valence-corrected chi connectivity index (χ4v) is 2.77. The second kappa shape index (κ2) is 5.88. The molecular formula is C17H18ClN3. The summed E-state index contributed by atoms with van der Waals surface area (Å²) in [7, 11) is 4.04. The monoisotopic (exact) mass is 299 g/mol. The van der Waals surface area contributed by atoms with Crippen molar-refractivity contribution in [3.63, 3.8) is 0 Å². The summed E-state index contributed by atoms with van der Waals surface area (Å²) >= 11 is 5.96. The fourth-order valence-electron chi connectivity index (χ4n) is 2.64. The van der Waals surface area contributed by atoms with Crippen molar-refractivity contribution >= 4 is 22.6 Å². The molecule has 108 valence electrons. The maximum Gasteiger partial charge on any atom is 0.111 e. The van der Waals surface area contributed by atoms with Crippen molar-refractivity contribution in [2.75, 3.05) is 7.05 Å². The van der Waals surface area contributed by atoms with Gasteiger partial charge in [0.05, 0.1) is 11.0 Å². The molecule has 0 amide bonds. The predicted octanol–water partition coefficient (Wildman–Crippen LogP) is 3.73. The molecule has 0 aliphatic rings. The second-order valence-electron chi connectivity index (χ2n) is 5.17. The Balaban J connectivity index is 1.92. The number of fused-ring (bicyclic) bond motifs is 1. The smallest absolute Gasteiger partial charge is 0.111 e. The Morgan fingerprint density at radius 3 is 2.52 bits per heavy atom. The van der Waals surface area contributed by atoms with Crippen LogP contribution in [0.5, 0.6) is 0 Å². The summed E-state index contributed by atoms with van der Waals surface area (Å²) in [6.45, 7) is 0. The van der Waals surface area contributed by atoms with Gasteiger partial charge in [0.15, 0.2) is 0 Å². The molecule has 3 aromatic rings. The fraction of sp³-hybridized carbons (Fsp3) is 0.235. The molecule has 0 saturated heterocycles. The van der Waals surface area contributed by atoms with Gasteiger partial charge in [-0.3, -0.25) is 0 Å². The molecule has 3 nitrogen and oxygen atoms in total. The number of para-hydroxylation sites is 2. The molecule has 1 heterocycles. The lowest BCUT2D eigenvalue weighted by molar-refractivity contribution is 0.566. The largest absolute Gasteiger partial charge is 0.331 e. The Morgan fingerprint density at radius 1 is 1.14 bits per heavy atom. The van der Waals surface area contributed by atoms with Gasteiger partial charge >= 0.3 is 0 Å². The van der Waals surface area contributed by atoms with Crippen molar-refractivity contribution < 1.29 is 0 Å². The first kappa shape index (κ1) is 14.1. The molecule has 0 bridgehead atoms. The van der Waals surface area contributed by atoms with E-state index >= 15 is 0 Å². The molecule has 0 aliphatic heterocycles. The minimum absolute atomic E-state index is 0.220. The topological polar surface area (TPSA) is 29.9 Å². The zero-order chi connectivity index (χ0) is 14.8. The van der Waals surface area contributed by atoms with Crippen LogP contribution in [0.4, 0.5) is 0 Å². The number of aryl methyl sites for hydroxylation is 1. The van der Waals surface area contributed by atoms with E-state index in [0.717, 1.165) is 22.8 Å². The summed E-state index contributed by atoms with van der Waals surface area (Å²) in [5.41, 5.74) is 3.42. The van der Waals surface area contributed by atoms with Crippen LogP contribution in [0.1, 0.15) is 17.4 Å². The van der Waals surface area contributed by atoms with Gasteiger partial charge in [0.2, 0.25) is 0 Å². The van der Waals surface area contributed by atoms with Gasteiger partial charge in [-0.05, 0) is 36.9 Å². The minimum atomic E-state index is 0.220. The number of likely N-dealkylation sites (N-methyl/N-ethyl adjacent to an activating group) is 1. The van der Waals surface area contributed by atoms with Crippen molar-refractivity contribution in [3.8, 4) is 0 Å². The Labute approximate surface area is 129 Å². The number of nitrogens with one attached hydrogen (secondary N) is 1. The van der Waals surface area contributed by atoms with Crippen molar-refractivity contribution in [1.82, 2.24) is 14.9 Å². The van der Waals surface area contributed by atoms with Gasteiger partial charge < -0.3 is 9.88 Å². The molecule has 0 spiro atoms. The molecule has 0 fully saturated rings. The van der Waals surface area contributed by atoms with Crippen molar-refractivity contribution in [3.05, 3.63) is 64.9 Å². The Kier molecular flexibility index (Phi) is 3.95. The van der Waals surface area contributed by atoms with E-state index in [9.17, 15) is 0 Å². The number of hydrogen-bond acceptors (Lipinski definition) is 2. The van der Waals surface area contributed by atoms with Crippen molar-refractivity contribution in [1.29, 1.82) is 0 Å². The van der Waals surface area contributed by atoms with E-state index in [1.54, 1.807) is 0 Å². The minimum Gasteiger partial charge on any atom is -0.331 e. The van der Waals surface area contributed by atoms with Crippen LogP contribution in [0.15, 0.2) is 48.5 Å². The van der Waals surface area contributed by atoms with Gasteiger partial charge in [-0.15, -0.1) is 0 Å². The average Bonchev–Trinajstić information content (AvgIpc) is 2.83. The lowest BCUT2D eigenvalue weighted by Gasteiger charge is -2.16. The van der Waals surface area contributed by atoms with Crippen LogP contribution >= 0.6 is 11.6 Å². The molecule has 3 rings (SSSR count). The maximum absolute atomic E-state index is 5.96. The molecular weight excluding hydrogens is 282 g/mol. The van der Waals surface area contributed by atoms with E-state index < -0.39 is 0 Å². The molecule has 0 aliphatic carbocycles. The first-order valence-corrected chi connectivity index (χ1v) is 7.40. The van der Waals surface area contributed by atoms with Crippen LogP contribution in [0.3, 0.4) is 0 Å². The third-order valence-corrected chi connectivity index (χ3v) is 4.14. The number of nitrogens with zero attached hydrogens (tertiary/aromatic N) is 2. The van der Waals surface area contributed by atoms with E-state index in [1.807, 2.05) is 31.3 Å². The Bertz CT molecular complexity index is 746. The second-order valence-corrected chi connectivity index (χ2v) is 5.61. The quantitative estimate of drug-likeness (QED) is 0.795. The zero-order valence-corrected chi connectivity index (χ0v) is 12.9. The van der Waals surface area contributed by atoms with E-state index in [4.69, 9.17) is 16.6 Å². The van der Waals surface area contributed by atoms with E-state index in [1.165, 1.54) is 11.1 Å². The number of benzene rings is 2. The first-order valence-electron chi connectivity index (χ1n) is 7.02. The summed E-state index contributed by atoms with van der Waals surface area (Å²) in [6.07, 6.45) is 0.837. The highest BCUT2D eigenvalue weighted by molar-refractivity contribution is 6.30. The molecule has 1 aromatic heterocycles. The normalized spacial score (nSPS) is 12.7. The summed E-state index contributed by atoms with van der Waals surface area (Å²) in [4.78, 5) is 4.74. The number of hydrogen-bond donors (Lipinski definition) is 1. The molecule has 1 atom stereocenters. The molecule has 4 heteroatoms. The molecule has 0 radical (unpaired) electrons. The third-order valence-electron chi connectivity index (χ3n) is 3.89. The highest BCUT2D eigenvalue weighted by atomic mass is 35.5. The third kappa shape index (κ3) is 2.80. The van der Waals surface area contributed by atoms with Crippen LogP contribution in [0.25, 0.3) is 11.0 Å². The molecule has 0 saturated carbocycles. The van der Waals surface area contributed by atoms with Gasteiger partial charge in [0.25, 0.3) is 0 Å². The number of rotatable bonds is 4. The molecule has 21 heavy (non-hydrogen) atoms. The predicted molar refractivity (Wildman–Crippen MR) is 87.7 cm³/mol. The highest BCUT2D eigenvalue weighted by Crippen LogP contribution is 2.22. The van der Waals surface area contributed by atoms with Crippen molar-refractivity contribution in [2.45, 2.75) is 12.5 Å². The van der Waals surface area contributed by atoms with Gasteiger partial charge in [-0.1, -0.05) is 35.9 Å². The van der Waals surface area contributed by atoms with Crippen molar-refractivity contribution in [2.24, 2.45) is 7.05 Å². The number of imidazole rings is 1. The Hall–Kier alpha value is -1.84. The van der Waals surface area contributed by atoms with Crippen LogP contribution in [-0.2, 0) is 13.5 Å². The molecule has 2 aromatic carbocycles. The number of halogens is 1. The molecule has 1 unspecified atom stereocenters. The van der Waals surface area contributed by atoms with E-state index in [-0.39, 0.29) is 6.04 Å². The summed E-state index contributed by atoms with van der Waals surface area (Å²) in [6, 6.07) is 16.4. The Morgan fingerprint density at radius 2 is 1.86 bits per heavy atom. The van der Waals surface area contributed by atoms with Crippen LogP contribution in [0.2, 0.25) is 5.02 Å². The lowest BCUT2D eigenvalue weighted by Crippen LogP contribution is -2.20. The van der Waals surface area contributed by atoms with Gasteiger partial charge in [0, 0.05) is 24.5 Å². The van der Waals surface area contributed by atoms with Gasteiger partial charge in [-0.2, -0.15) is 0 Å². The SMILES string of the molecule is CNC(Cc1nc2ccccc2n1C)c1ccc(Cl)cc1. The molecule has 1 N–H and O–H groups in total. The van der Waals surface area contributed by atoms with Crippen LogP contribution in [-0.4, -0.2) is 16.6 Å². The summed E-state index contributed by atoms with van der Waals surface area (Å²) in [5.74, 6) is 1.07. The van der Waals surface area contributed by atoms with Gasteiger partial charge in [-0.25, -0.2) is 4.98 Å². The first-order chi connectivity index (χ1) is 10.2. The van der Waals surface area contributed by atoms with Crippen LogP contribution in [0, 0.1) is 0 Å². The highest BCUT2D eigenvalue weighted by Gasteiger charge is 2.15. The summed E-state index contributed by atoms with van der Waals surface area (Å²) in [5, 5.41) is 4.12. The van der Waals surface area contributed by atoms with E-state index in [2.05, 4.69) is 41.2 Å². The van der Waals surface area contributed by atoms with E-state index in [0.29, 0.717) is 0 Å². The standard InChI is InChI=1S/C17H18ClN3/c1-19-15(12-7-9-13(18)10-8-12)11-17-20-14-5-3-4-6-16(14)21(17)2/h3-10,15,19H,11H2,1-2H3. The average molecular weight is 300 g/mol. The lowest BCUT2D eigenvalue weighted by atomic mass is 10.0. The van der Waals surface area contributed by atoms with Gasteiger partial charge in [0.1, 0.15) is 5.82 Å². The zero-order valence-electron chi connectivity index (χ0n) is 12.2. The van der Waals surface area contributed by atoms with Crippen LogP contribution < -0.4 is 5.32 Å².